The van der Waals surface area contributed by atoms with Gasteiger partial charge in [-0.05, 0) is 26.8 Å². The molecule has 0 radical (unpaired) electrons. The molecule has 5 nitrogen and oxygen atoms in total. The lowest BCUT2D eigenvalue weighted by Gasteiger charge is -2.17. The zero-order chi connectivity index (χ0) is 13.3. The van der Waals surface area contributed by atoms with E-state index < -0.39 is 11.4 Å². The molecule has 2 heterocycles. The lowest BCUT2D eigenvalue weighted by atomic mass is 10.3. The summed E-state index contributed by atoms with van der Waals surface area (Å²) in [7, 11) is 1.86. The van der Waals surface area contributed by atoms with E-state index in [1.807, 2.05) is 40.1 Å². The molecule has 2 rings (SSSR count). The fourth-order valence-corrected chi connectivity index (χ4v) is 1.92. The second-order valence-electron chi connectivity index (χ2n) is 5.07. The number of hydrogen-bond acceptors (Lipinski definition) is 4. The standard InChI is InChI=1S/C12H16N4OS/c1-12(2,3)18(17)14-6-10-5-9-8-16(4)15-11(9)7-13-10/h5-8H,1-4H3. The molecule has 0 spiro atoms. The molecule has 0 saturated heterocycles. The van der Waals surface area contributed by atoms with Gasteiger partial charge in [-0.3, -0.25) is 9.67 Å². The van der Waals surface area contributed by atoms with Crippen LogP contribution in [-0.4, -0.2) is 30.3 Å². The molecule has 2 aromatic heterocycles. The van der Waals surface area contributed by atoms with E-state index >= 15 is 0 Å². The molecule has 0 aliphatic heterocycles. The average Bonchev–Trinajstić information content (AvgIpc) is 2.63. The van der Waals surface area contributed by atoms with Crippen molar-refractivity contribution in [3.8, 4) is 0 Å². The molecule has 0 amide bonds. The number of fused-ring (bicyclic) bond motifs is 1. The van der Waals surface area contributed by atoms with E-state index in [4.69, 9.17) is 0 Å². The topological polar surface area (TPSA) is 66.1 Å². The number of aromatic nitrogens is 3. The van der Waals surface area contributed by atoms with Gasteiger partial charge in [-0.1, -0.05) is 4.40 Å². The maximum absolute atomic E-state index is 11.8. The molecule has 96 valence electrons. The molecule has 0 saturated carbocycles. The van der Waals surface area contributed by atoms with Gasteiger partial charge >= 0.3 is 0 Å². The Labute approximate surface area is 109 Å². The Morgan fingerprint density at radius 2 is 2.17 bits per heavy atom. The summed E-state index contributed by atoms with van der Waals surface area (Å²) in [5, 5.41) is 5.23. The molecule has 0 aliphatic carbocycles. The quantitative estimate of drug-likeness (QED) is 0.614. The fraction of sp³-hybridized carbons (Fsp3) is 0.417. The monoisotopic (exact) mass is 264 g/mol. The predicted octanol–water partition coefficient (Wildman–Crippen LogP) is 1.85. The second kappa shape index (κ2) is 4.70. The maximum atomic E-state index is 11.8. The Morgan fingerprint density at radius 3 is 2.83 bits per heavy atom. The van der Waals surface area contributed by atoms with Gasteiger partial charge in [-0.25, -0.2) is 0 Å². The molecular formula is C12H16N4OS. The Hall–Kier alpha value is -1.40. The van der Waals surface area contributed by atoms with E-state index in [0.29, 0.717) is 5.69 Å². The van der Waals surface area contributed by atoms with E-state index in [1.54, 1.807) is 17.1 Å². The van der Waals surface area contributed by atoms with Crippen molar-refractivity contribution in [3.05, 3.63) is 24.2 Å². The highest BCUT2D eigenvalue weighted by Crippen LogP contribution is 2.17. The number of pyridine rings is 1. The summed E-state index contributed by atoms with van der Waals surface area (Å²) >= 11 is -1.26. The van der Waals surface area contributed by atoms with E-state index in [2.05, 4.69) is 14.5 Å². The van der Waals surface area contributed by atoms with Crippen molar-refractivity contribution in [1.29, 1.82) is 0 Å². The highest BCUT2D eigenvalue weighted by atomic mass is 32.2. The van der Waals surface area contributed by atoms with Crippen molar-refractivity contribution in [1.82, 2.24) is 14.8 Å². The molecule has 0 aliphatic rings. The summed E-state index contributed by atoms with van der Waals surface area (Å²) in [5.74, 6) is 0. The minimum Gasteiger partial charge on any atom is -0.591 e. The van der Waals surface area contributed by atoms with Crippen molar-refractivity contribution in [2.75, 3.05) is 0 Å². The van der Waals surface area contributed by atoms with Gasteiger partial charge in [0.1, 0.15) is 27.8 Å². The molecule has 1 unspecified atom stereocenters. The van der Waals surface area contributed by atoms with Gasteiger partial charge in [-0.2, -0.15) is 5.10 Å². The van der Waals surface area contributed by atoms with Crippen LogP contribution in [0.2, 0.25) is 0 Å². The maximum Gasteiger partial charge on any atom is 0.144 e. The van der Waals surface area contributed by atoms with Crippen LogP contribution >= 0.6 is 0 Å². The lowest BCUT2D eigenvalue weighted by molar-refractivity contribution is 0.562. The van der Waals surface area contributed by atoms with Gasteiger partial charge in [0, 0.05) is 18.6 Å². The molecule has 0 N–H and O–H groups in total. The second-order valence-corrected chi connectivity index (χ2v) is 7.00. The molecule has 18 heavy (non-hydrogen) atoms. The summed E-state index contributed by atoms with van der Waals surface area (Å²) in [5.41, 5.74) is 1.53. The summed E-state index contributed by atoms with van der Waals surface area (Å²) in [6.45, 7) is 5.66. The van der Waals surface area contributed by atoms with E-state index in [1.165, 1.54) is 0 Å². The van der Waals surface area contributed by atoms with E-state index in [0.717, 1.165) is 10.9 Å². The van der Waals surface area contributed by atoms with E-state index in [-0.39, 0.29) is 4.75 Å². The van der Waals surface area contributed by atoms with Crippen LogP contribution in [0.3, 0.4) is 0 Å². The average molecular weight is 264 g/mol. The van der Waals surface area contributed by atoms with Crippen LogP contribution < -0.4 is 0 Å². The number of aryl methyl sites for hydroxylation is 1. The number of hydrogen-bond donors (Lipinski definition) is 0. The minimum atomic E-state index is -1.26. The Kier molecular flexibility index (Phi) is 3.41. The largest absolute Gasteiger partial charge is 0.591 e. The van der Waals surface area contributed by atoms with Crippen LogP contribution in [0.15, 0.2) is 22.9 Å². The normalized spacial score (nSPS) is 14.5. The molecular weight excluding hydrogens is 248 g/mol. The first-order chi connectivity index (χ1) is 8.36. The molecule has 0 bridgehead atoms. The smallest absolute Gasteiger partial charge is 0.144 e. The van der Waals surface area contributed by atoms with Crippen LogP contribution in [0, 0.1) is 0 Å². The van der Waals surface area contributed by atoms with E-state index in [9.17, 15) is 4.55 Å². The SMILES string of the molecule is Cn1cc2cc(C=N[S+]([O-])C(C)(C)C)ncc2n1. The van der Waals surface area contributed by atoms with Crippen LogP contribution in [0.1, 0.15) is 26.5 Å². The molecule has 0 fully saturated rings. The Balaban J connectivity index is 2.24. The lowest BCUT2D eigenvalue weighted by Crippen LogP contribution is -2.25. The molecule has 6 heteroatoms. The third kappa shape index (κ3) is 2.88. The minimum absolute atomic E-state index is 0.352. The van der Waals surface area contributed by atoms with Crippen molar-refractivity contribution in [2.24, 2.45) is 11.4 Å². The highest BCUT2D eigenvalue weighted by molar-refractivity contribution is 7.91. The van der Waals surface area contributed by atoms with Gasteiger partial charge < -0.3 is 4.55 Å². The zero-order valence-electron chi connectivity index (χ0n) is 10.9. The van der Waals surface area contributed by atoms with Crippen LogP contribution in [0.5, 0.6) is 0 Å². The predicted molar refractivity (Wildman–Crippen MR) is 74.0 cm³/mol. The first-order valence-corrected chi connectivity index (χ1v) is 6.72. The molecule has 0 aromatic carbocycles. The molecule has 2 aromatic rings. The highest BCUT2D eigenvalue weighted by Gasteiger charge is 2.25. The van der Waals surface area contributed by atoms with Gasteiger partial charge in [0.25, 0.3) is 0 Å². The molecule has 1 atom stereocenters. The Bertz CT molecular complexity index is 585. The third-order valence-electron chi connectivity index (χ3n) is 2.33. The van der Waals surface area contributed by atoms with Crippen LogP contribution in [-0.2, 0) is 18.4 Å². The first-order valence-electron chi connectivity index (χ1n) is 5.62. The summed E-state index contributed by atoms with van der Waals surface area (Å²) < 4.78 is 17.2. The van der Waals surface area contributed by atoms with Crippen molar-refractivity contribution >= 4 is 28.5 Å². The van der Waals surface area contributed by atoms with Gasteiger partial charge in [-0.15, -0.1) is 0 Å². The zero-order valence-corrected chi connectivity index (χ0v) is 11.7. The van der Waals surface area contributed by atoms with Crippen LogP contribution in [0.4, 0.5) is 0 Å². The van der Waals surface area contributed by atoms with Gasteiger partial charge in [0.15, 0.2) is 0 Å². The number of rotatable bonds is 2. The van der Waals surface area contributed by atoms with Crippen LogP contribution in [0.25, 0.3) is 10.9 Å². The fourth-order valence-electron chi connectivity index (χ4n) is 1.40. The van der Waals surface area contributed by atoms with Crippen molar-refractivity contribution in [2.45, 2.75) is 25.5 Å². The number of nitrogens with zero attached hydrogens (tertiary/aromatic N) is 4. The van der Waals surface area contributed by atoms with Crippen molar-refractivity contribution in [3.63, 3.8) is 0 Å². The van der Waals surface area contributed by atoms with Gasteiger partial charge in [0.2, 0.25) is 0 Å². The van der Waals surface area contributed by atoms with Gasteiger partial charge in [0.05, 0.1) is 11.9 Å². The summed E-state index contributed by atoms with van der Waals surface area (Å²) in [6, 6.07) is 1.88. The van der Waals surface area contributed by atoms with Crippen molar-refractivity contribution < 1.29 is 4.55 Å². The summed E-state index contributed by atoms with van der Waals surface area (Å²) in [4.78, 5) is 4.21. The summed E-state index contributed by atoms with van der Waals surface area (Å²) in [6.07, 6.45) is 5.15. The first kappa shape index (κ1) is 13.0. The third-order valence-corrected chi connectivity index (χ3v) is 3.68. The Morgan fingerprint density at radius 1 is 1.44 bits per heavy atom.